The van der Waals surface area contributed by atoms with E-state index in [-0.39, 0.29) is 11.9 Å². The van der Waals surface area contributed by atoms with Crippen LogP contribution in [0.2, 0.25) is 0 Å². The van der Waals surface area contributed by atoms with E-state index in [0.717, 1.165) is 22.4 Å². The molecular weight excluding hydrogens is 320 g/mol. The number of ether oxygens (including phenoxy) is 3. The number of esters is 2. The summed E-state index contributed by atoms with van der Waals surface area (Å²) < 4.78 is 15.1. The van der Waals surface area contributed by atoms with E-state index in [1.54, 1.807) is 19.3 Å². The molecule has 0 unspecified atom stereocenters. The number of aryl methyl sites for hydroxylation is 1. The second-order valence-electron chi connectivity index (χ2n) is 5.63. The Morgan fingerprint density at radius 3 is 2.56 bits per heavy atom. The molecule has 0 saturated heterocycles. The van der Waals surface area contributed by atoms with E-state index >= 15 is 0 Å². The minimum Gasteiger partial charge on any atom is -0.497 e. The Balaban J connectivity index is 1.88. The predicted molar refractivity (Wildman–Crippen MR) is 93.3 cm³/mol. The first-order valence-electron chi connectivity index (χ1n) is 7.89. The third kappa shape index (κ3) is 3.71. The molecule has 0 radical (unpaired) electrons. The van der Waals surface area contributed by atoms with Crippen molar-refractivity contribution < 1.29 is 23.8 Å². The van der Waals surface area contributed by atoms with E-state index < -0.39 is 0 Å². The fraction of sp³-hybridized carbons (Fsp3) is 0.200. The fourth-order valence-corrected chi connectivity index (χ4v) is 2.65. The van der Waals surface area contributed by atoms with E-state index in [9.17, 15) is 9.59 Å². The molecule has 128 valence electrons. The van der Waals surface area contributed by atoms with Crippen LogP contribution < -0.4 is 9.47 Å². The second-order valence-corrected chi connectivity index (χ2v) is 5.63. The summed E-state index contributed by atoms with van der Waals surface area (Å²) in [4.78, 5) is 23.5. The Morgan fingerprint density at radius 1 is 1.12 bits per heavy atom. The minimum absolute atomic E-state index is 0.262. The Labute approximate surface area is 145 Å². The zero-order valence-electron chi connectivity index (χ0n) is 14.1. The maximum atomic E-state index is 12.2. The standard InChI is InChI=1S/C20H18O5/c1-23-15-7-3-13(4-8-15)12-17-16-11-14(6-10-19(21)24-2)5-9-18(16)25-20(17)22/h3-5,7-9,11-12H,6,10H2,1-2H3/b17-12+. The molecule has 25 heavy (non-hydrogen) atoms. The maximum Gasteiger partial charge on any atom is 0.344 e. The van der Waals surface area contributed by atoms with Gasteiger partial charge in [-0.1, -0.05) is 18.2 Å². The summed E-state index contributed by atoms with van der Waals surface area (Å²) in [6.45, 7) is 0. The van der Waals surface area contributed by atoms with Crippen LogP contribution in [0.1, 0.15) is 23.1 Å². The third-order valence-corrected chi connectivity index (χ3v) is 4.03. The maximum absolute atomic E-state index is 12.2. The van der Waals surface area contributed by atoms with Crippen LogP contribution in [-0.4, -0.2) is 26.2 Å². The summed E-state index contributed by atoms with van der Waals surface area (Å²) in [5, 5.41) is 0. The molecule has 0 aromatic heterocycles. The summed E-state index contributed by atoms with van der Waals surface area (Å²) in [7, 11) is 2.97. The highest BCUT2D eigenvalue weighted by atomic mass is 16.5. The van der Waals surface area contributed by atoms with Crippen molar-refractivity contribution in [3.05, 3.63) is 59.2 Å². The van der Waals surface area contributed by atoms with Crippen molar-refractivity contribution in [2.45, 2.75) is 12.8 Å². The van der Waals surface area contributed by atoms with Gasteiger partial charge in [-0.05, 0) is 47.9 Å². The Hall–Kier alpha value is -3.08. The minimum atomic E-state index is -0.379. The summed E-state index contributed by atoms with van der Waals surface area (Å²) in [5.41, 5.74) is 3.06. The van der Waals surface area contributed by atoms with Gasteiger partial charge < -0.3 is 14.2 Å². The first-order valence-corrected chi connectivity index (χ1v) is 7.89. The van der Waals surface area contributed by atoms with Gasteiger partial charge in [-0.2, -0.15) is 0 Å². The van der Waals surface area contributed by atoms with Crippen molar-refractivity contribution >= 4 is 23.6 Å². The summed E-state index contributed by atoms with van der Waals surface area (Å²) in [5.74, 6) is 0.644. The number of hydrogen-bond acceptors (Lipinski definition) is 5. The van der Waals surface area contributed by atoms with Crippen LogP contribution in [0.4, 0.5) is 0 Å². The van der Waals surface area contributed by atoms with E-state index in [0.29, 0.717) is 24.2 Å². The molecule has 0 saturated carbocycles. The topological polar surface area (TPSA) is 61.8 Å². The molecule has 0 bridgehead atoms. The highest BCUT2D eigenvalue weighted by Crippen LogP contribution is 2.36. The van der Waals surface area contributed by atoms with Gasteiger partial charge >= 0.3 is 11.9 Å². The van der Waals surface area contributed by atoms with Crippen LogP contribution in [0.3, 0.4) is 0 Å². The molecule has 5 nitrogen and oxygen atoms in total. The van der Waals surface area contributed by atoms with Gasteiger partial charge in [0.05, 0.1) is 19.8 Å². The van der Waals surface area contributed by atoms with Gasteiger partial charge in [-0.15, -0.1) is 0 Å². The molecule has 3 rings (SSSR count). The van der Waals surface area contributed by atoms with Gasteiger partial charge in [0.25, 0.3) is 0 Å². The molecule has 5 heteroatoms. The van der Waals surface area contributed by atoms with Crippen molar-refractivity contribution in [2.24, 2.45) is 0 Å². The third-order valence-electron chi connectivity index (χ3n) is 4.03. The lowest BCUT2D eigenvalue weighted by molar-refractivity contribution is -0.140. The molecule has 0 spiro atoms. The molecule has 2 aromatic rings. The molecule has 0 N–H and O–H groups in total. The van der Waals surface area contributed by atoms with Crippen LogP contribution in [0.15, 0.2) is 42.5 Å². The average molecular weight is 338 g/mol. The Bertz CT molecular complexity index is 834. The Kier molecular flexibility index (Phi) is 4.84. The summed E-state index contributed by atoms with van der Waals surface area (Å²) in [6.07, 6.45) is 2.63. The SMILES string of the molecule is COC(=O)CCc1ccc2c(c1)/C(=C\c1ccc(OC)cc1)C(=O)O2. The molecule has 2 aromatic carbocycles. The van der Waals surface area contributed by atoms with E-state index in [1.165, 1.54) is 7.11 Å². The number of rotatable bonds is 5. The van der Waals surface area contributed by atoms with Crippen molar-refractivity contribution in [1.29, 1.82) is 0 Å². The largest absolute Gasteiger partial charge is 0.497 e. The van der Waals surface area contributed by atoms with Crippen molar-refractivity contribution in [1.82, 2.24) is 0 Å². The number of carbonyl (C=O) groups is 2. The van der Waals surface area contributed by atoms with E-state index in [4.69, 9.17) is 9.47 Å². The predicted octanol–water partition coefficient (Wildman–Crippen LogP) is 3.26. The van der Waals surface area contributed by atoms with E-state index in [1.807, 2.05) is 36.4 Å². The quantitative estimate of drug-likeness (QED) is 0.476. The van der Waals surface area contributed by atoms with Gasteiger partial charge in [0, 0.05) is 12.0 Å². The fourth-order valence-electron chi connectivity index (χ4n) is 2.65. The van der Waals surface area contributed by atoms with Gasteiger partial charge in [0.1, 0.15) is 11.5 Å². The zero-order valence-corrected chi connectivity index (χ0v) is 14.1. The lowest BCUT2D eigenvalue weighted by Gasteiger charge is -2.04. The Morgan fingerprint density at radius 2 is 1.88 bits per heavy atom. The van der Waals surface area contributed by atoms with Gasteiger partial charge in [-0.3, -0.25) is 4.79 Å². The zero-order chi connectivity index (χ0) is 17.8. The van der Waals surface area contributed by atoms with Crippen LogP contribution >= 0.6 is 0 Å². The number of methoxy groups -OCH3 is 2. The van der Waals surface area contributed by atoms with Crippen LogP contribution in [-0.2, 0) is 20.7 Å². The van der Waals surface area contributed by atoms with Crippen LogP contribution in [0, 0.1) is 0 Å². The first kappa shape index (κ1) is 16.8. The molecule has 0 atom stereocenters. The van der Waals surface area contributed by atoms with Gasteiger partial charge in [-0.25, -0.2) is 4.79 Å². The molecule has 0 amide bonds. The molecule has 0 aliphatic carbocycles. The van der Waals surface area contributed by atoms with Crippen molar-refractivity contribution in [3.63, 3.8) is 0 Å². The highest BCUT2D eigenvalue weighted by Gasteiger charge is 2.27. The molecule has 1 aliphatic rings. The second kappa shape index (κ2) is 7.21. The monoisotopic (exact) mass is 338 g/mol. The highest BCUT2D eigenvalue weighted by molar-refractivity contribution is 6.26. The molecular formula is C20H18O5. The van der Waals surface area contributed by atoms with Gasteiger partial charge in [0.2, 0.25) is 0 Å². The summed E-state index contributed by atoms with van der Waals surface area (Å²) >= 11 is 0. The lowest BCUT2D eigenvalue weighted by atomic mass is 10.00. The van der Waals surface area contributed by atoms with Crippen LogP contribution in [0.5, 0.6) is 11.5 Å². The lowest BCUT2D eigenvalue weighted by Crippen LogP contribution is -2.02. The molecule has 1 aliphatic heterocycles. The normalized spacial score (nSPS) is 14.2. The van der Waals surface area contributed by atoms with E-state index in [2.05, 4.69) is 4.74 Å². The number of benzene rings is 2. The number of hydrogen-bond donors (Lipinski definition) is 0. The average Bonchev–Trinajstić information content (AvgIpc) is 2.95. The van der Waals surface area contributed by atoms with Crippen molar-refractivity contribution in [3.8, 4) is 11.5 Å². The number of fused-ring (bicyclic) bond motifs is 1. The summed E-state index contributed by atoms with van der Waals surface area (Å²) in [6, 6.07) is 12.9. The van der Waals surface area contributed by atoms with Gasteiger partial charge in [0.15, 0.2) is 0 Å². The smallest absolute Gasteiger partial charge is 0.344 e. The molecule has 1 heterocycles. The van der Waals surface area contributed by atoms with Crippen molar-refractivity contribution in [2.75, 3.05) is 14.2 Å². The van der Waals surface area contributed by atoms with Crippen LogP contribution in [0.25, 0.3) is 11.6 Å². The number of carbonyl (C=O) groups excluding carboxylic acids is 2. The first-order chi connectivity index (χ1) is 12.1. The molecule has 0 fully saturated rings.